The van der Waals surface area contributed by atoms with Crippen molar-refractivity contribution in [3.8, 4) is 11.1 Å². The molecule has 0 aliphatic carbocycles. The molecule has 37 heavy (non-hydrogen) atoms. The average molecular weight is 520 g/mol. The molecule has 196 valence electrons. The monoisotopic (exact) mass is 519 g/mol. The van der Waals surface area contributed by atoms with Gasteiger partial charge >= 0.3 is 5.97 Å². The number of aryl methyl sites for hydroxylation is 1. The van der Waals surface area contributed by atoms with Crippen molar-refractivity contribution < 1.29 is 14.3 Å². The number of piperidine rings is 1. The predicted octanol–water partition coefficient (Wildman–Crippen LogP) is 6.54. The van der Waals surface area contributed by atoms with Crippen LogP contribution >= 0.6 is 11.3 Å². The van der Waals surface area contributed by atoms with E-state index in [2.05, 4.69) is 41.4 Å². The quantitative estimate of drug-likeness (QED) is 0.230. The molecular formula is C30H37N3O3S. The third-order valence-electron chi connectivity index (χ3n) is 7.12. The van der Waals surface area contributed by atoms with E-state index < -0.39 is 0 Å². The summed E-state index contributed by atoms with van der Waals surface area (Å²) in [4.78, 5) is 31.5. The number of carbonyl (C=O) groups excluding carboxylic acids is 2. The third kappa shape index (κ3) is 7.49. The number of methoxy groups -OCH3 is 1. The molecule has 2 heterocycles. The van der Waals surface area contributed by atoms with Gasteiger partial charge in [-0.1, -0.05) is 55.8 Å². The van der Waals surface area contributed by atoms with Gasteiger partial charge in [0.25, 0.3) is 5.91 Å². The van der Waals surface area contributed by atoms with Crippen molar-refractivity contribution in [2.24, 2.45) is 0 Å². The lowest BCUT2D eigenvalue weighted by Crippen LogP contribution is -2.33. The molecule has 0 unspecified atom stereocenters. The lowest BCUT2D eigenvalue weighted by atomic mass is 9.97. The zero-order valence-electron chi connectivity index (χ0n) is 21.9. The van der Waals surface area contributed by atoms with Crippen LogP contribution in [-0.4, -0.2) is 48.5 Å². The summed E-state index contributed by atoms with van der Waals surface area (Å²) in [6.07, 6.45) is 6.68. The fourth-order valence-corrected chi connectivity index (χ4v) is 5.79. The van der Waals surface area contributed by atoms with Gasteiger partial charge in [-0.25, -0.2) is 4.98 Å². The number of nitrogens with one attached hydrogen (secondary N) is 1. The van der Waals surface area contributed by atoms with Crippen LogP contribution in [0.3, 0.4) is 0 Å². The van der Waals surface area contributed by atoms with Crippen molar-refractivity contribution in [1.82, 2.24) is 9.88 Å². The number of hydrogen-bond donors (Lipinski definition) is 1. The number of esters is 1. The number of rotatable bonds is 11. The smallest absolute Gasteiger partial charge is 0.305 e. The van der Waals surface area contributed by atoms with Crippen molar-refractivity contribution >= 4 is 28.9 Å². The number of carbonyl (C=O) groups is 2. The Balaban J connectivity index is 1.28. The lowest BCUT2D eigenvalue weighted by molar-refractivity contribution is -0.140. The summed E-state index contributed by atoms with van der Waals surface area (Å²) in [5.74, 6) is 0.124. The molecule has 7 heteroatoms. The Morgan fingerprint density at radius 2 is 1.81 bits per heavy atom. The van der Waals surface area contributed by atoms with E-state index >= 15 is 0 Å². The number of para-hydroxylation sites is 1. The van der Waals surface area contributed by atoms with Gasteiger partial charge in [-0.2, -0.15) is 0 Å². The van der Waals surface area contributed by atoms with Gasteiger partial charge in [0.15, 0.2) is 0 Å². The number of unbranched alkanes of at least 4 members (excludes halogenated alkanes) is 2. The molecule has 1 saturated heterocycles. The predicted molar refractivity (Wildman–Crippen MR) is 150 cm³/mol. The first kappa shape index (κ1) is 27.0. The molecule has 0 bridgehead atoms. The largest absolute Gasteiger partial charge is 0.469 e. The van der Waals surface area contributed by atoms with Crippen molar-refractivity contribution in [1.29, 1.82) is 0 Å². The molecule has 0 saturated carbocycles. The number of aromatic nitrogens is 1. The molecule has 1 amide bonds. The minimum atomic E-state index is -0.162. The van der Waals surface area contributed by atoms with E-state index in [1.807, 2.05) is 29.6 Å². The molecule has 4 rings (SSSR count). The first-order valence-electron chi connectivity index (χ1n) is 13.3. The Morgan fingerprint density at radius 1 is 1.05 bits per heavy atom. The van der Waals surface area contributed by atoms with Gasteiger partial charge < -0.3 is 15.0 Å². The van der Waals surface area contributed by atoms with Crippen molar-refractivity contribution in [2.75, 3.05) is 32.1 Å². The highest BCUT2D eigenvalue weighted by molar-refractivity contribution is 7.10. The summed E-state index contributed by atoms with van der Waals surface area (Å²) in [7, 11) is 1.44. The molecular weight excluding hydrogens is 482 g/mol. The Labute approximate surface area is 224 Å². The van der Waals surface area contributed by atoms with Crippen LogP contribution in [-0.2, 0) is 16.0 Å². The number of anilines is 1. The normalized spacial score (nSPS) is 14.4. The van der Waals surface area contributed by atoms with Crippen LogP contribution in [0.25, 0.3) is 11.1 Å². The molecule has 1 N–H and O–H groups in total. The number of thiazole rings is 1. The Hall–Kier alpha value is -3.03. The maximum Gasteiger partial charge on any atom is 0.305 e. The minimum Gasteiger partial charge on any atom is -0.469 e. The van der Waals surface area contributed by atoms with E-state index in [1.54, 1.807) is 11.3 Å². The summed E-state index contributed by atoms with van der Waals surface area (Å²) >= 11 is 1.60. The summed E-state index contributed by atoms with van der Waals surface area (Å²) in [5, 5.41) is 6.04. The zero-order chi connectivity index (χ0) is 26.0. The van der Waals surface area contributed by atoms with Gasteiger partial charge in [-0.05, 0) is 68.9 Å². The van der Waals surface area contributed by atoms with Crippen LogP contribution in [0.4, 0.5) is 5.69 Å². The van der Waals surface area contributed by atoms with E-state index in [0.29, 0.717) is 18.0 Å². The van der Waals surface area contributed by atoms with Crippen LogP contribution in [0.15, 0.2) is 53.9 Å². The van der Waals surface area contributed by atoms with Crippen LogP contribution in [0.5, 0.6) is 0 Å². The van der Waals surface area contributed by atoms with E-state index in [1.165, 1.54) is 12.7 Å². The van der Waals surface area contributed by atoms with E-state index in [9.17, 15) is 9.59 Å². The number of nitrogens with zero attached hydrogens (tertiary/aromatic N) is 2. The molecule has 1 aliphatic rings. The molecule has 1 aliphatic heterocycles. The molecule has 1 fully saturated rings. The first-order chi connectivity index (χ1) is 18.1. The number of ether oxygens (including phenoxy) is 1. The average Bonchev–Trinajstić information content (AvgIpc) is 3.44. The van der Waals surface area contributed by atoms with E-state index in [0.717, 1.165) is 80.0 Å². The lowest BCUT2D eigenvalue weighted by Gasteiger charge is -2.31. The fourth-order valence-electron chi connectivity index (χ4n) is 4.82. The van der Waals surface area contributed by atoms with Gasteiger partial charge in [0.2, 0.25) is 0 Å². The van der Waals surface area contributed by atoms with Gasteiger partial charge in [-0.3, -0.25) is 9.59 Å². The summed E-state index contributed by atoms with van der Waals surface area (Å²) in [6, 6.07) is 16.4. The van der Waals surface area contributed by atoms with Crippen LogP contribution in [0, 0.1) is 0 Å². The highest BCUT2D eigenvalue weighted by atomic mass is 32.1. The zero-order valence-corrected chi connectivity index (χ0v) is 22.7. The summed E-state index contributed by atoms with van der Waals surface area (Å²) in [5.41, 5.74) is 4.67. The molecule has 1 aromatic heterocycles. The Kier molecular flexibility index (Phi) is 9.85. The van der Waals surface area contributed by atoms with Crippen LogP contribution < -0.4 is 5.32 Å². The van der Waals surface area contributed by atoms with Crippen molar-refractivity contribution in [3.05, 3.63) is 70.2 Å². The Morgan fingerprint density at radius 3 is 2.54 bits per heavy atom. The molecule has 0 radical (unpaired) electrons. The van der Waals surface area contributed by atoms with Gasteiger partial charge in [0.05, 0.1) is 12.1 Å². The van der Waals surface area contributed by atoms with E-state index in [-0.39, 0.29) is 11.9 Å². The highest BCUT2D eigenvalue weighted by Gasteiger charge is 2.24. The second-order valence-corrected chi connectivity index (χ2v) is 10.5. The van der Waals surface area contributed by atoms with Gasteiger partial charge in [-0.15, -0.1) is 11.3 Å². The van der Waals surface area contributed by atoms with Crippen molar-refractivity contribution in [2.45, 2.75) is 57.8 Å². The molecule has 3 aromatic rings. The SMILES string of the molecule is CCc1ccc(-c2ccccc2NC(=O)c2csc(C3CCN(CCCCCC(=O)OC)CC3)n2)cc1. The number of amides is 1. The van der Waals surface area contributed by atoms with E-state index in [4.69, 9.17) is 9.72 Å². The second kappa shape index (κ2) is 13.5. The van der Waals surface area contributed by atoms with Gasteiger partial charge in [0.1, 0.15) is 5.69 Å². The Bertz CT molecular complexity index is 1170. The third-order valence-corrected chi connectivity index (χ3v) is 8.13. The van der Waals surface area contributed by atoms with Crippen molar-refractivity contribution in [3.63, 3.8) is 0 Å². The first-order valence-corrected chi connectivity index (χ1v) is 14.2. The molecule has 0 atom stereocenters. The molecule has 2 aromatic carbocycles. The molecule has 0 spiro atoms. The topological polar surface area (TPSA) is 71.5 Å². The number of hydrogen-bond acceptors (Lipinski definition) is 6. The maximum absolute atomic E-state index is 13.1. The summed E-state index contributed by atoms with van der Waals surface area (Å²) < 4.78 is 4.70. The van der Waals surface area contributed by atoms with Crippen LogP contribution in [0.2, 0.25) is 0 Å². The maximum atomic E-state index is 13.1. The number of benzene rings is 2. The molecule has 6 nitrogen and oxygen atoms in total. The standard InChI is InChI=1S/C30H37N3O3S/c1-3-22-12-14-23(15-13-22)25-9-6-7-10-26(25)31-29(35)27-21-37-30(32-27)24-16-19-33(20-17-24)18-8-4-5-11-28(34)36-2/h6-7,9-10,12-15,21,24H,3-5,8,11,16-20H2,1-2H3,(H,31,35). The fraction of sp³-hybridized carbons (Fsp3) is 0.433. The highest BCUT2D eigenvalue weighted by Crippen LogP contribution is 2.32. The number of likely N-dealkylation sites (tertiary alicyclic amines) is 1. The summed E-state index contributed by atoms with van der Waals surface area (Å²) in [6.45, 7) is 5.31. The minimum absolute atomic E-state index is 0.122. The van der Waals surface area contributed by atoms with Gasteiger partial charge in [0, 0.05) is 29.0 Å². The van der Waals surface area contributed by atoms with Crippen LogP contribution in [0.1, 0.15) is 72.4 Å². The second-order valence-electron chi connectivity index (χ2n) is 9.62.